The third-order valence-electron chi connectivity index (χ3n) is 4.07. The van der Waals surface area contributed by atoms with Gasteiger partial charge in [0.1, 0.15) is 5.82 Å². The van der Waals surface area contributed by atoms with Crippen LogP contribution in [0.4, 0.5) is 10.1 Å². The first-order chi connectivity index (χ1) is 12.8. The molecule has 0 aliphatic carbocycles. The van der Waals surface area contributed by atoms with Crippen LogP contribution in [0.5, 0.6) is 0 Å². The fourth-order valence-corrected chi connectivity index (χ4v) is 3.90. The molecule has 0 aliphatic heterocycles. The molecule has 5 nitrogen and oxygen atoms in total. The van der Waals surface area contributed by atoms with E-state index >= 15 is 0 Å². The maximum atomic E-state index is 13.8. The van der Waals surface area contributed by atoms with E-state index in [9.17, 15) is 17.6 Å². The minimum absolute atomic E-state index is 0.119. The number of amides is 1. The predicted molar refractivity (Wildman–Crippen MR) is 105 cm³/mol. The molecule has 2 rings (SSSR count). The summed E-state index contributed by atoms with van der Waals surface area (Å²) in [5, 5.41) is 2.80. The number of halogens is 2. The molecule has 0 saturated heterocycles. The van der Waals surface area contributed by atoms with Gasteiger partial charge in [0.2, 0.25) is 15.9 Å². The molecule has 0 saturated carbocycles. The van der Waals surface area contributed by atoms with Crippen molar-refractivity contribution in [2.24, 2.45) is 0 Å². The number of nitrogens with zero attached hydrogens (tertiary/aromatic N) is 1. The van der Waals surface area contributed by atoms with Crippen molar-refractivity contribution in [1.29, 1.82) is 0 Å². The van der Waals surface area contributed by atoms with Crippen LogP contribution < -0.4 is 5.32 Å². The van der Waals surface area contributed by atoms with Crippen LogP contribution in [-0.2, 0) is 21.2 Å². The maximum Gasteiger partial charge on any atom is 0.242 e. The molecule has 2 aromatic rings. The van der Waals surface area contributed by atoms with Crippen LogP contribution >= 0.6 is 11.6 Å². The van der Waals surface area contributed by atoms with Gasteiger partial charge >= 0.3 is 0 Å². The summed E-state index contributed by atoms with van der Waals surface area (Å²) < 4.78 is 40.0. The van der Waals surface area contributed by atoms with Gasteiger partial charge in [-0.05, 0) is 42.8 Å². The summed E-state index contributed by atoms with van der Waals surface area (Å²) in [6.45, 7) is 2.44. The summed E-state index contributed by atoms with van der Waals surface area (Å²) in [7, 11) is -2.02. The number of unbranched alkanes of at least 4 members (excludes halogenated alkanes) is 1. The highest BCUT2D eigenvalue weighted by Crippen LogP contribution is 2.21. The number of carbonyl (C=O) groups excluding carboxylic acids is 1. The molecular weight excluding hydrogens is 391 g/mol. The Kier molecular flexibility index (Phi) is 7.35. The molecule has 0 aromatic heterocycles. The Morgan fingerprint density at radius 2 is 1.85 bits per heavy atom. The van der Waals surface area contributed by atoms with Crippen LogP contribution in [0.15, 0.2) is 47.4 Å². The summed E-state index contributed by atoms with van der Waals surface area (Å²) >= 11 is 5.92. The van der Waals surface area contributed by atoms with Gasteiger partial charge in [-0.3, -0.25) is 4.79 Å². The molecule has 8 heteroatoms. The second kappa shape index (κ2) is 9.30. The van der Waals surface area contributed by atoms with Crippen molar-refractivity contribution in [3.63, 3.8) is 0 Å². The van der Waals surface area contributed by atoms with Gasteiger partial charge in [-0.15, -0.1) is 0 Å². The van der Waals surface area contributed by atoms with Gasteiger partial charge in [-0.2, -0.15) is 0 Å². The second-order valence-electron chi connectivity index (χ2n) is 6.13. The Morgan fingerprint density at radius 3 is 2.44 bits per heavy atom. The Hall–Kier alpha value is -1.96. The van der Waals surface area contributed by atoms with Gasteiger partial charge < -0.3 is 5.32 Å². The minimum Gasteiger partial charge on any atom is -0.326 e. The lowest BCUT2D eigenvalue weighted by Crippen LogP contribution is -2.27. The molecule has 0 aliphatic rings. The van der Waals surface area contributed by atoms with E-state index in [1.165, 1.54) is 46.8 Å². The van der Waals surface area contributed by atoms with E-state index in [4.69, 9.17) is 11.6 Å². The highest BCUT2D eigenvalue weighted by atomic mass is 35.5. The van der Waals surface area contributed by atoms with Crippen LogP contribution in [0.3, 0.4) is 0 Å². The SMILES string of the molecule is CCCCN(C)S(=O)(=O)c1ccc(NC(=O)Cc2c(F)cccc2Cl)cc1. The lowest BCUT2D eigenvalue weighted by atomic mass is 10.1. The molecule has 0 radical (unpaired) electrons. The second-order valence-corrected chi connectivity index (χ2v) is 8.58. The van der Waals surface area contributed by atoms with Crippen molar-refractivity contribution in [1.82, 2.24) is 4.31 Å². The molecule has 0 unspecified atom stereocenters. The average Bonchev–Trinajstić information content (AvgIpc) is 2.63. The molecule has 0 fully saturated rings. The van der Waals surface area contributed by atoms with Crippen LogP contribution in [0, 0.1) is 5.82 Å². The number of rotatable bonds is 8. The van der Waals surface area contributed by atoms with Crippen molar-refractivity contribution in [3.05, 3.63) is 58.9 Å². The number of hydrogen-bond acceptors (Lipinski definition) is 3. The van der Waals surface area contributed by atoms with E-state index in [1.54, 1.807) is 7.05 Å². The number of sulfonamides is 1. The van der Waals surface area contributed by atoms with Gasteiger partial charge in [0, 0.05) is 29.9 Å². The zero-order valence-corrected chi connectivity index (χ0v) is 16.8. The van der Waals surface area contributed by atoms with Crippen LogP contribution in [-0.4, -0.2) is 32.2 Å². The van der Waals surface area contributed by atoms with Crippen molar-refractivity contribution >= 4 is 33.2 Å². The fourth-order valence-electron chi connectivity index (χ4n) is 2.46. The van der Waals surface area contributed by atoms with Crippen molar-refractivity contribution < 1.29 is 17.6 Å². The average molecular weight is 413 g/mol. The number of anilines is 1. The van der Waals surface area contributed by atoms with E-state index < -0.39 is 21.7 Å². The summed E-state index contributed by atoms with van der Waals surface area (Å²) in [5.41, 5.74) is 0.538. The van der Waals surface area contributed by atoms with Crippen LogP contribution in [0.1, 0.15) is 25.3 Å². The molecule has 2 aromatic carbocycles. The van der Waals surface area contributed by atoms with E-state index in [1.807, 2.05) is 6.92 Å². The third kappa shape index (κ3) is 5.51. The maximum absolute atomic E-state index is 13.8. The lowest BCUT2D eigenvalue weighted by molar-refractivity contribution is -0.115. The highest BCUT2D eigenvalue weighted by molar-refractivity contribution is 7.89. The number of hydrogen-bond donors (Lipinski definition) is 1. The first-order valence-electron chi connectivity index (χ1n) is 8.55. The third-order valence-corrected chi connectivity index (χ3v) is 6.30. The van der Waals surface area contributed by atoms with Crippen LogP contribution in [0.2, 0.25) is 5.02 Å². The Labute approximate surface area is 164 Å². The smallest absolute Gasteiger partial charge is 0.242 e. The largest absolute Gasteiger partial charge is 0.326 e. The van der Waals surface area contributed by atoms with E-state index in [0.717, 1.165) is 12.8 Å². The van der Waals surface area contributed by atoms with Gasteiger partial charge in [0.25, 0.3) is 0 Å². The van der Waals surface area contributed by atoms with Crippen molar-refractivity contribution in [2.75, 3.05) is 18.9 Å². The zero-order chi connectivity index (χ0) is 20.0. The zero-order valence-electron chi connectivity index (χ0n) is 15.2. The topological polar surface area (TPSA) is 66.5 Å². The van der Waals surface area contributed by atoms with E-state index in [0.29, 0.717) is 12.2 Å². The fraction of sp³-hybridized carbons (Fsp3) is 0.316. The molecule has 1 amide bonds. The Bertz CT molecular complexity index is 881. The summed E-state index contributed by atoms with van der Waals surface area (Å²) in [6.07, 6.45) is 1.46. The molecule has 146 valence electrons. The molecule has 0 atom stereocenters. The number of nitrogens with one attached hydrogen (secondary N) is 1. The molecule has 0 bridgehead atoms. The predicted octanol–water partition coefficient (Wildman–Crippen LogP) is 4.08. The van der Waals surface area contributed by atoms with Gasteiger partial charge in [0.05, 0.1) is 11.3 Å². The van der Waals surface area contributed by atoms with Gasteiger partial charge in [-0.1, -0.05) is 31.0 Å². The van der Waals surface area contributed by atoms with E-state index in [-0.39, 0.29) is 21.9 Å². The standard InChI is InChI=1S/C19H22ClFN2O3S/c1-3-4-12-23(2)27(25,26)15-10-8-14(9-11-15)22-19(24)13-16-17(20)6-5-7-18(16)21/h5-11H,3-4,12-13H2,1-2H3,(H,22,24). The number of benzene rings is 2. The minimum atomic E-state index is -3.56. The first-order valence-corrected chi connectivity index (χ1v) is 10.4. The highest BCUT2D eigenvalue weighted by Gasteiger charge is 2.20. The van der Waals surface area contributed by atoms with Crippen molar-refractivity contribution in [3.8, 4) is 0 Å². The quantitative estimate of drug-likeness (QED) is 0.710. The summed E-state index contributed by atoms with van der Waals surface area (Å²) in [6, 6.07) is 10.1. The lowest BCUT2D eigenvalue weighted by Gasteiger charge is -2.17. The normalized spacial score (nSPS) is 11.6. The van der Waals surface area contributed by atoms with Crippen LogP contribution in [0.25, 0.3) is 0 Å². The molecule has 1 N–H and O–H groups in total. The van der Waals surface area contributed by atoms with Gasteiger partial charge in [0.15, 0.2) is 0 Å². The molecule has 0 spiro atoms. The molecule has 27 heavy (non-hydrogen) atoms. The Morgan fingerprint density at radius 1 is 1.19 bits per heavy atom. The van der Waals surface area contributed by atoms with E-state index in [2.05, 4.69) is 5.32 Å². The Balaban J connectivity index is 2.06. The van der Waals surface area contributed by atoms with Crippen molar-refractivity contribution in [2.45, 2.75) is 31.1 Å². The van der Waals surface area contributed by atoms with Gasteiger partial charge in [-0.25, -0.2) is 17.1 Å². The first kappa shape index (κ1) is 21.3. The summed E-state index contributed by atoms with van der Waals surface area (Å²) in [4.78, 5) is 12.3. The summed E-state index contributed by atoms with van der Waals surface area (Å²) in [5.74, 6) is -0.994. The number of carbonyl (C=O) groups is 1. The molecule has 0 heterocycles. The molecular formula is C19H22ClFN2O3S. The monoisotopic (exact) mass is 412 g/mol.